The molecule has 2 fully saturated rings. The van der Waals surface area contributed by atoms with Gasteiger partial charge in [-0.05, 0) is 90.4 Å². The summed E-state index contributed by atoms with van der Waals surface area (Å²) < 4.78 is 0. The van der Waals surface area contributed by atoms with Gasteiger partial charge in [-0.25, -0.2) is 0 Å². The van der Waals surface area contributed by atoms with Crippen molar-refractivity contribution in [3.63, 3.8) is 0 Å². The van der Waals surface area contributed by atoms with E-state index in [4.69, 9.17) is 0 Å². The first-order chi connectivity index (χ1) is 10.1. The second-order valence-electron chi connectivity index (χ2n) is 8.44. The quantitative estimate of drug-likeness (QED) is 0.744. The summed E-state index contributed by atoms with van der Waals surface area (Å²) in [4.78, 5) is 0. The van der Waals surface area contributed by atoms with Crippen LogP contribution in [0, 0.1) is 17.8 Å². The summed E-state index contributed by atoms with van der Waals surface area (Å²) in [6, 6.07) is 0. The monoisotopic (exact) mass is 306 g/mol. The van der Waals surface area contributed by atoms with Crippen LogP contribution in [0.25, 0.3) is 0 Å². The molecule has 0 amide bonds. The van der Waals surface area contributed by atoms with Crippen molar-refractivity contribution in [2.75, 3.05) is 0 Å². The van der Waals surface area contributed by atoms with Crippen molar-refractivity contribution < 1.29 is 10.2 Å². The van der Waals surface area contributed by atoms with Gasteiger partial charge in [0, 0.05) is 0 Å². The highest BCUT2D eigenvalue weighted by Gasteiger charge is 2.51. The summed E-state index contributed by atoms with van der Waals surface area (Å²) >= 11 is 0. The van der Waals surface area contributed by atoms with Crippen LogP contribution in [0.15, 0.2) is 23.8 Å². The van der Waals surface area contributed by atoms with E-state index in [9.17, 15) is 10.2 Å². The highest BCUT2D eigenvalue weighted by Crippen LogP contribution is 2.53. The third kappa shape index (κ3) is 3.83. The molecule has 0 heterocycles. The van der Waals surface area contributed by atoms with Crippen LogP contribution in [0.5, 0.6) is 0 Å². The van der Waals surface area contributed by atoms with Crippen molar-refractivity contribution in [2.24, 2.45) is 17.8 Å². The Morgan fingerprint density at radius 1 is 1.41 bits per heavy atom. The lowest BCUT2D eigenvalue weighted by Gasteiger charge is -2.53. The third-order valence-electron chi connectivity index (χ3n) is 6.13. The standard InChI is InChI=1S/C20H34O2/c1-14(2)7-6-11-19(4,21)18-10-12-20(5,22)17-9-8-15(3)13-16(17)18/h7,16-18,21-22H,3,6,8-13H2,1-2,4-5H3/t16-,17-,18-,19+,20+/m0/s1. The Kier molecular flexibility index (Phi) is 5.23. The van der Waals surface area contributed by atoms with E-state index in [-0.39, 0.29) is 5.92 Å². The van der Waals surface area contributed by atoms with E-state index in [0.717, 1.165) is 44.9 Å². The smallest absolute Gasteiger partial charge is 0.0653 e. The van der Waals surface area contributed by atoms with Crippen LogP contribution < -0.4 is 0 Å². The Balaban J connectivity index is 2.15. The molecule has 0 radical (unpaired) electrons. The lowest BCUT2D eigenvalue weighted by molar-refractivity contribution is -0.138. The number of hydrogen-bond donors (Lipinski definition) is 2. The van der Waals surface area contributed by atoms with Gasteiger partial charge in [0.15, 0.2) is 0 Å². The fourth-order valence-corrected chi connectivity index (χ4v) is 4.80. The molecular weight excluding hydrogens is 272 g/mol. The molecule has 2 N–H and O–H groups in total. The van der Waals surface area contributed by atoms with E-state index in [1.165, 1.54) is 11.1 Å². The molecule has 0 aromatic carbocycles. The molecule has 2 rings (SSSR count). The normalized spacial score (nSPS) is 38.1. The molecule has 2 aliphatic carbocycles. The molecular formula is C20H34O2. The average molecular weight is 306 g/mol. The molecule has 0 bridgehead atoms. The predicted molar refractivity (Wildman–Crippen MR) is 92.6 cm³/mol. The first kappa shape index (κ1) is 17.7. The zero-order valence-electron chi connectivity index (χ0n) is 14.9. The Morgan fingerprint density at radius 2 is 2.09 bits per heavy atom. The second kappa shape index (κ2) is 6.49. The van der Waals surface area contributed by atoms with Gasteiger partial charge in [-0.15, -0.1) is 0 Å². The fourth-order valence-electron chi connectivity index (χ4n) is 4.80. The summed E-state index contributed by atoms with van der Waals surface area (Å²) in [5.41, 5.74) is 1.39. The molecule has 5 atom stereocenters. The largest absolute Gasteiger partial charge is 0.390 e. The minimum Gasteiger partial charge on any atom is -0.390 e. The topological polar surface area (TPSA) is 40.5 Å². The maximum Gasteiger partial charge on any atom is 0.0653 e. The lowest BCUT2D eigenvalue weighted by atomic mass is 9.55. The van der Waals surface area contributed by atoms with Crippen LogP contribution in [-0.2, 0) is 0 Å². The Morgan fingerprint density at radius 3 is 2.73 bits per heavy atom. The molecule has 0 saturated heterocycles. The first-order valence-corrected chi connectivity index (χ1v) is 8.88. The van der Waals surface area contributed by atoms with Gasteiger partial charge >= 0.3 is 0 Å². The molecule has 22 heavy (non-hydrogen) atoms. The summed E-state index contributed by atoms with van der Waals surface area (Å²) in [5.74, 6) is 0.971. The molecule has 2 saturated carbocycles. The van der Waals surface area contributed by atoms with Gasteiger partial charge in [-0.2, -0.15) is 0 Å². The maximum atomic E-state index is 11.1. The number of allylic oxidation sites excluding steroid dienone is 3. The zero-order valence-corrected chi connectivity index (χ0v) is 14.9. The van der Waals surface area contributed by atoms with Crippen molar-refractivity contribution in [3.8, 4) is 0 Å². The van der Waals surface area contributed by atoms with Crippen LogP contribution in [0.3, 0.4) is 0 Å². The number of hydrogen-bond acceptors (Lipinski definition) is 2. The summed E-state index contributed by atoms with van der Waals surface area (Å²) in [7, 11) is 0. The molecule has 2 nitrogen and oxygen atoms in total. The van der Waals surface area contributed by atoms with Gasteiger partial charge in [-0.3, -0.25) is 0 Å². The second-order valence-corrected chi connectivity index (χ2v) is 8.44. The predicted octanol–water partition coefficient (Wildman–Crippen LogP) is 4.62. The van der Waals surface area contributed by atoms with Gasteiger partial charge in [0.05, 0.1) is 11.2 Å². The van der Waals surface area contributed by atoms with Gasteiger partial charge in [0.25, 0.3) is 0 Å². The molecule has 0 aliphatic heterocycles. The van der Waals surface area contributed by atoms with Crippen molar-refractivity contribution in [2.45, 2.75) is 83.8 Å². The van der Waals surface area contributed by atoms with E-state index in [0.29, 0.717) is 11.8 Å². The van der Waals surface area contributed by atoms with Crippen molar-refractivity contribution >= 4 is 0 Å². The highest BCUT2D eigenvalue weighted by atomic mass is 16.3. The van der Waals surface area contributed by atoms with Crippen LogP contribution in [0.2, 0.25) is 0 Å². The van der Waals surface area contributed by atoms with E-state index in [1.807, 2.05) is 13.8 Å². The molecule has 0 aromatic rings. The number of rotatable bonds is 4. The van der Waals surface area contributed by atoms with E-state index < -0.39 is 11.2 Å². The van der Waals surface area contributed by atoms with Crippen LogP contribution in [0.4, 0.5) is 0 Å². The van der Waals surface area contributed by atoms with Crippen LogP contribution >= 0.6 is 0 Å². The Labute approximate surface area is 136 Å². The van der Waals surface area contributed by atoms with E-state index >= 15 is 0 Å². The lowest BCUT2D eigenvalue weighted by Crippen LogP contribution is -2.53. The molecule has 2 aliphatic rings. The number of fused-ring (bicyclic) bond motifs is 1. The molecule has 2 heteroatoms. The first-order valence-electron chi connectivity index (χ1n) is 8.88. The molecule has 0 unspecified atom stereocenters. The van der Waals surface area contributed by atoms with Crippen molar-refractivity contribution in [1.82, 2.24) is 0 Å². The summed E-state index contributed by atoms with van der Waals surface area (Å²) in [6.07, 6.45) is 8.71. The van der Waals surface area contributed by atoms with Crippen LogP contribution in [0.1, 0.15) is 72.6 Å². The third-order valence-corrected chi connectivity index (χ3v) is 6.13. The SMILES string of the molecule is C=C1CC[C@H]2[C@H](C1)[C@@H]([C@](C)(O)CCC=C(C)C)CC[C@@]2(C)O. The Bertz CT molecular complexity index is 441. The molecule has 0 spiro atoms. The van der Waals surface area contributed by atoms with Gasteiger partial charge in [0.2, 0.25) is 0 Å². The minimum atomic E-state index is -0.650. The number of aliphatic hydroxyl groups is 2. The van der Waals surface area contributed by atoms with Gasteiger partial charge in [-0.1, -0.05) is 23.8 Å². The molecule has 126 valence electrons. The van der Waals surface area contributed by atoms with Crippen molar-refractivity contribution in [3.05, 3.63) is 23.8 Å². The maximum absolute atomic E-state index is 11.1. The average Bonchev–Trinajstić information content (AvgIpc) is 2.36. The van der Waals surface area contributed by atoms with E-state index in [2.05, 4.69) is 26.5 Å². The fraction of sp³-hybridized carbons (Fsp3) is 0.800. The van der Waals surface area contributed by atoms with Crippen LogP contribution in [-0.4, -0.2) is 21.4 Å². The Hall–Kier alpha value is -0.600. The van der Waals surface area contributed by atoms with Gasteiger partial charge in [0.1, 0.15) is 0 Å². The zero-order chi connectivity index (χ0) is 16.5. The van der Waals surface area contributed by atoms with E-state index in [1.54, 1.807) is 0 Å². The molecule has 0 aromatic heterocycles. The summed E-state index contributed by atoms with van der Waals surface area (Å²) in [6.45, 7) is 12.4. The minimum absolute atomic E-state index is 0.278. The highest BCUT2D eigenvalue weighted by molar-refractivity contribution is 5.10. The van der Waals surface area contributed by atoms with Crippen molar-refractivity contribution in [1.29, 1.82) is 0 Å². The summed E-state index contributed by atoms with van der Waals surface area (Å²) in [5, 5.41) is 21.9. The van der Waals surface area contributed by atoms with Gasteiger partial charge < -0.3 is 10.2 Å².